The van der Waals surface area contributed by atoms with Crippen molar-refractivity contribution < 1.29 is 13.9 Å². The Kier molecular flexibility index (Phi) is 6.43. The van der Waals surface area contributed by atoms with E-state index in [-0.39, 0.29) is 11.7 Å². The van der Waals surface area contributed by atoms with Crippen LogP contribution in [-0.2, 0) is 6.42 Å². The first-order valence-corrected chi connectivity index (χ1v) is 12.6. The average Bonchev–Trinajstić information content (AvgIpc) is 2.86. The number of pyridine rings is 3. The third kappa shape index (κ3) is 4.86. The Labute approximate surface area is 212 Å². The molecule has 0 bridgehead atoms. The summed E-state index contributed by atoms with van der Waals surface area (Å²) in [4.78, 5) is 22.4. The van der Waals surface area contributed by atoms with Crippen molar-refractivity contribution in [3.63, 3.8) is 0 Å². The molecule has 1 saturated carbocycles. The van der Waals surface area contributed by atoms with Crippen molar-refractivity contribution in [3.8, 4) is 11.4 Å². The van der Waals surface area contributed by atoms with Crippen LogP contribution in [0.4, 0.5) is 20.4 Å². The predicted octanol–water partition coefficient (Wildman–Crippen LogP) is 4.28. The van der Waals surface area contributed by atoms with Crippen molar-refractivity contribution in [2.24, 2.45) is 5.92 Å². The number of fused-ring (bicyclic) bond motifs is 1. The molecular weight excluding hydrogens is 476 g/mol. The van der Waals surface area contributed by atoms with E-state index in [2.05, 4.69) is 25.6 Å². The molecule has 10 heteroatoms. The van der Waals surface area contributed by atoms with Crippen LogP contribution in [0, 0.1) is 17.6 Å². The van der Waals surface area contributed by atoms with E-state index in [1.165, 1.54) is 12.0 Å². The molecule has 2 fully saturated rings. The number of rotatable bonds is 6. The van der Waals surface area contributed by atoms with Crippen molar-refractivity contribution in [2.45, 2.75) is 44.1 Å². The molecule has 0 aromatic carbocycles. The maximum absolute atomic E-state index is 14.1. The Hall–Kier alpha value is -3.63. The van der Waals surface area contributed by atoms with Crippen molar-refractivity contribution in [3.05, 3.63) is 65.9 Å². The number of nitrogens with zero attached hydrogens (tertiary/aromatic N) is 5. The minimum Gasteiger partial charge on any atom is -0.392 e. The van der Waals surface area contributed by atoms with Crippen molar-refractivity contribution in [2.75, 3.05) is 18.4 Å². The summed E-state index contributed by atoms with van der Waals surface area (Å²) < 4.78 is 27.4. The monoisotopic (exact) mass is 503 g/mol. The van der Waals surface area contributed by atoms with Gasteiger partial charge in [-0.25, -0.2) is 28.7 Å². The number of piperidine rings is 1. The molecule has 0 amide bonds. The van der Waals surface area contributed by atoms with Crippen LogP contribution < -0.4 is 10.6 Å². The van der Waals surface area contributed by atoms with Gasteiger partial charge in [-0.05, 0) is 61.8 Å². The molecule has 2 aliphatic rings. The molecule has 3 N–H and O–H groups in total. The summed E-state index contributed by atoms with van der Waals surface area (Å²) in [6.45, 7) is 1.44. The number of β-amino-alcohol motifs (C(OH)–C–C–N with tert-alkyl or cyclic N) is 1. The summed E-state index contributed by atoms with van der Waals surface area (Å²) in [7, 11) is 0. The normalized spacial score (nSPS) is 20.1. The standard InChI is InChI=1S/C27H27F2N7O/c28-18-10-20(29)27(33-11-18)36-24-9-17(5-7-32-24)26-34-21(8-16-4-6-30-14-23(16)37)25-19(15-2-1-3-15)12-31-13-22(25)35-26/h5,7,9-13,15-16,23,30,37H,1-4,6,8,14H2,(H,32,33,36). The minimum atomic E-state index is -0.813. The summed E-state index contributed by atoms with van der Waals surface area (Å²) in [5, 5.41) is 17.7. The van der Waals surface area contributed by atoms with Crippen LogP contribution in [0.2, 0.25) is 0 Å². The molecule has 2 unspecified atom stereocenters. The Balaban J connectivity index is 1.41. The lowest BCUT2D eigenvalue weighted by Crippen LogP contribution is -2.41. The quantitative estimate of drug-likeness (QED) is 0.358. The van der Waals surface area contributed by atoms with Gasteiger partial charge in [-0.15, -0.1) is 0 Å². The molecule has 190 valence electrons. The molecule has 1 aliphatic carbocycles. The van der Waals surface area contributed by atoms with E-state index in [0.29, 0.717) is 36.1 Å². The Morgan fingerprint density at radius 2 is 1.95 bits per heavy atom. The third-order valence-electron chi connectivity index (χ3n) is 7.37. The van der Waals surface area contributed by atoms with Crippen LogP contribution in [0.1, 0.15) is 42.9 Å². The zero-order valence-electron chi connectivity index (χ0n) is 20.2. The number of aliphatic hydroxyl groups is 1. The van der Waals surface area contributed by atoms with Crippen LogP contribution in [0.15, 0.2) is 43.0 Å². The van der Waals surface area contributed by atoms with Gasteiger partial charge in [0, 0.05) is 36.0 Å². The van der Waals surface area contributed by atoms with E-state index in [9.17, 15) is 13.9 Å². The van der Waals surface area contributed by atoms with Crippen LogP contribution in [-0.4, -0.2) is 49.2 Å². The maximum Gasteiger partial charge on any atom is 0.168 e. The van der Waals surface area contributed by atoms with E-state index >= 15 is 0 Å². The van der Waals surface area contributed by atoms with Crippen LogP contribution >= 0.6 is 0 Å². The Morgan fingerprint density at radius 3 is 2.73 bits per heavy atom. The second-order valence-corrected chi connectivity index (χ2v) is 9.81. The Morgan fingerprint density at radius 1 is 1.05 bits per heavy atom. The van der Waals surface area contributed by atoms with Gasteiger partial charge < -0.3 is 15.7 Å². The first-order valence-electron chi connectivity index (χ1n) is 12.6. The van der Waals surface area contributed by atoms with E-state index in [1.807, 2.05) is 6.20 Å². The first-order chi connectivity index (χ1) is 18.0. The molecule has 6 rings (SSSR count). The molecule has 0 spiro atoms. The number of halogens is 2. The molecule has 2 atom stereocenters. The largest absolute Gasteiger partial charge is 0.392 e. The van der Waals surface area contributed by atoms with E-state index in [1.54, 1.807) is 24.5 Å². The summed E-state index contributed by atoms with van der Waals surface area (Å²) in [5.74, 6) is -0.316. The second kappa shape index (κ2) is 10.0. The van der Waals surface area contributed by atoms with Crippen LogP contribution in [0.5, 0.6) is 0 Å². The summed E-state index contributed by atoms with van der Waals surface area (Å²) in [6.07, 6.45) is 10.8. The molecule has 4 aromatic heterocycles. The van der Waals surface area contributed by atoms with Gasteiger partial charge in [-0.3, -0.25) is 4.98 Å². The number of nitrogens with one attached hydrogen (secondary N) is 2. The smallest absolute Gasteiger partial charge is 0.168 e. The SMILES string of the molecule is OC1CNCCC1Cc1nc(-c2ccnc(Nc3ncc(F)cc3F)c2)nc2cncc(C3CCC3)c12. The molecule has 1 aliphatic heterocycles. The van der Waals surface area contributed by atoms with Gasteiger partial charge in [0.1, 0.15) is 11.6 Å². The lowest BCUT2D eigenvalue weighted by molar-refractivity contribution is 0.0817. The number of aromatic nitrogens is 5. The lowest BCUT2D eigenvalue weighted by Gasteiger charge is -2.30. The van der Waals surface area contributed by atoms with Crippen LogP contribution in [0.25, 0.3) is 22.3 Å². The van der Waals surface area contributed by atoms with Gasteiger partial charge in [-0.2, -0.15) is 0 Å². The van der Waals surface area contributed by atoms with Crippen molar-refractivity contribution >= 4 is 22.5 Å². The highest BCUT2D eigenvalue weighted by atomic mass is 19.1. The fourth-order valence-electron chi connectivity index (χ4n) is 5.14. The summed E-state index contributed by atoms with van der Waals surface area (Å²) in [6, 6.07) is 4.25. The highest BCUT2D eigenvalue weighted by Crippen LogP contribution is 2.40. The number of aliphatic hydroxyl groups excluding tert-OH is 1. The highest BCUT2D eigenvalue weighted by molar-refractivity contribution is 5.86. The maximum atomic E-state index is 14.1. The summed E-state index contributed by atoms with van der Waals surface area (Å²) in [5.41, 5.74) is 3.55. The van der Waals surface area contributed by atoms with E-state index < -0.39 is 17.7 Å². The van der Waals surface area contributed by atoms with E-state index in [4.69, 9.17) is 9.97 Å². The third-order valence-corrected chi connectivity index (χ3v) is 7.37. The zero-order chi connectivity index (χ0) is 25.4. The Bertz CT molecular complexity index is 1450. The van der Waals surface area contributed by atoms with Gasteiger partial charge in [0.15, 0.2) is 17.5 Å². The molecular formula is C27H27F2N7O. The van der Waals surface area contributed by atoms with Crippen molar-refractivity contribution in [1.29, 1.82) is 0 Å². The fraction of sp³-hybridized carbons (Fsp3) is 0.370. The van der Waals surface area contributed by atoms with E-state index in [0.717, 1.165) is 54.7 Å². The summed E-state index contributed by atoms with van der Waals surface area (Å²) >= 11 is 0. The number of anilines is 2. The van der Waals surface area contributed by atoms with Gasteiger partial charge in [0.25, 0.3) is 0 Å². The molecule has 37 heavy (non-hydrogen) atoms. The van der Waals surface area contributed by atoms with Gasteiger partial charge in [0.2, 0.25) is 0 Å². The average molecular weight is 504 g/mol. The van der Waals surface area contributed by atoms with Crippen LogP contribution in [0.3, 0.4) is 0 Å². The minimum absolute atomic E-state index is 0.0943. The first kappa shape index (κ1) is 23.7. The second-order valence-electron chi connectivity index (χ2n) is 9.81. The number of hydrogen-bond donors (Lipinski definition) is 3. The van der Waals surface area contributed by atoms with Gasteiger partial charge in [-0.1, -0.05) is 6.42 Å². The highest BCUT2D eigenvalue weighted by Gasteiger charge is 2.28. The predicted molar refractivity (Wildman–Crippen MR) is 135 cm³/mol. The molecule has 0 radical (unpaired) electrons. The van der Waals surface area contributed by atoms with Crippen molar-refractivity contribution in [1.82, 2.24) is 30.2 Å². The molecule has 1 saturated heterocycles. The molecule has 8 nitrogen and oxygen atoms in total. The van der Waals surface area contributed by atoms with Gasteiger partial charge >= 0.3 is 0 Å². The molecule has 4 aromatic rings. The fourth-order valence-corrected chi connectivity index (χ4v) is 5.14. The zero-order valence-corrected chi connectivity index (χ0v) is 20.2. The molecule has 5 heterocycles. The number of hydrogen-bond acceptors (Lipinski definition) is 8. The topological polar surface area (TPSA) is 109 Å². The van der Waals surface area contributed by atoms with Gasteiger partial charge in [0.05, 0.1) is 29.7 Å². The lowest BCUT2D eigenvalue weighted by atomic mass is 9.78.